The fourth-order valence-electron chi connectivity index (χ4n) is 4.83. The second kappa shape index (κ2) is 8.66. The molecule has 3 aromatic rings. The van der Waals surface area contributed by atoms with E-state index in [9.17, 15) is 9.90 Å². The number of hydrogen-bond donors (Lipinski definition) is 1. The van der Waals surface area contributed by atoms with Gasteiger partial charge < -0.3 is 5.11 Å². The van der Waals surface area contributed by atoms with Crippen molar-refractivity contribution in [2.45, 2.75) is 51.3 Å². The molecular weight excluding hydrogens is 442 g/mol. The Kier molecular flexibility index (Phi) is 5.33. The molecule has 9 nitrogen and oxygen atoms in total. The van der Waals surface area contributed by atoms with Crippen molar-refractivity contribution in [3.63, 3.8) is 0 Å². The molecule has 0 amide bonds. The predicted molar refractivity (Wildman–Crippen MR) is 131 cm³/mol. The van der Waals surface area contributed by atoms with E-state index < -0.39 is 6.10 Å². The van der Waals surface area contributed by atoms with E-state index in [0.717, 1.165) is 47.2 Å². The van der Waals surface area contributed by atoms with E-state index in [2.05, 4.69) is 25.1 Å². The Hall–Kier alpha value is -3.98. The van der Waals surface area contributed by atoms with Gasteiger partial charge in [-0.05, 0) is 55.7 Å². The first-order valence-electron chi connectivity index (χ1n) is 11.9. The van der Waals surface area contributed by atoms with E-state index in [1.807, 2.05) is 55.7 Å². The first-order chi connectivity index (χ1) is 17.1. The molecule has 5 heterocycles. The zero-order valence-electron chi connectivity index (χ0n) is 19.4. The number of nitrogens with zero attached hydrogens (tertiary/aromatic N) is 7. The molecular formula is C26H25N7O2. The molecule has 0 unspecified atom stereocenters. The van der Waals surface area contributed by atoms with Crippen molar-refractivity contribution in [1.82, 2.24) is 34.5 Å². The van der Waals surface area contributed by atoms with Gasteiger partial charge >= 0.3 is 0 Å². The van der Waals surface area contributed by atoms with E-state index in [-0.39, 0.29) is 11.6 Å². The number of aliphatic hydroxyl groups excluding tert-OH is 1. The van der Waals surface area contributed by atoms with Crippen molar-refractivity contribution in [2.75, 3.05) is 0 Å². The number of hydrogen-bond acceptors (Lipinski definition) is 7. The summed E-state index contributed by atoms with van der Waals surface area (Å²) in [6, 6.07) is 11.3. The molecule has 2 atom stereocenters. The average molecular weight is 468 g/mol. The Labute approximate surface area is 201 Å². The number of rotatable bonds is 4. The van der Waals surface area contributed by atoms with E-state index in [1.54, 1.807) is 10.9 Å². The Morgan fingerprint density at radius 3 is 2.63 bits per heavy atom. The maximum Gasteiger partial charge on any atom is 0.297 e. The molecule has 35 heavy (non-hydrogen) atoms. The van der Waals surface area contributed by atoms with Crippen LogP contribution in [0.15, 0.2) is 59.8 Å². The molecule has 2 aliphatic heterocycles. The number of fused-ring (bicyclic) bond motifs is 3. The van der Waals surface area contributed by atoms with E-state index in [0.29, 0.717) is 30.0 Å². The monoisotopic (exact) mass is 467 g/mol. The summed E-state index contributed by atoms with van der Waals surface area (Å²) in [5.41, 5.74) is 4.86. The largest absolute Gasteiger partial charge is 0.391 e. The SMILES string of the molecule is Cc1ccc(-c2ccc(Cn3nc4c(=O)n([C@H]5CCCC[C@@H]5O)nc-4c4cccnc43)cn2)cn1. The van der Waals surface area contributed by atoms with Gasteiger partial charge in [0, 0.05) is 35.2 Å². The van der Waals surface area contributed by atoms with Crippen LogP contribution in [-0.4, -0.2) is 45.7 Å². The molecule has 1 N–H and O–H groups in total. The van der Waals surface area contributed by atoms with Gasteiger partial charge in [0.15, 0.2) is 11.3 Å². The van der Waals surface area contributed by atoms with Gasteiger partial charge in [-0.3, -0.25) is 14.8 Å². The molecule has 3 aliphatic rings. The summed E-state index contributed by atoms with van der Waals surface area (Å²) in [6.45, 7) is 2.35. The van der Waals surface area contributed by atoms with E-state index >= 15 is 0 Å². The molecule has 176 valence electrons. The van der Waals surface area contributed by atoms with Gasteiger partial charge in [-0.2, -0.15) is 10.2 Å². The van der Waals surface area contributed by atoms with Gasteiger partial charge in [0.2, 0.25) is 0 Å². The van der Waals surface area contributed by atoms with Crippen LogP contribution in [0.1, 0.15) is 43.0 Å². The van der Waals surface area contributed by atoms with Crippen molar-refractivity contribution >= 4 is 11.0 Å². The molecule has 3 aromatic heterocycles. The minimum atomic E-state index is -0.574. The molecule has 6 rings (SSSR count). The van der Waals surface area contributed by atoms with Crippen molar-refractivity contribution in [3.05, 3.63) is 76.6 Å². The van der Waals surface area contributed by atoms with Crippen LogP contribution >= 0.6 is 0 Å². The quantitative estimate of drug-likeness (QED) is 0.431. The summed E-state index contributed by atoms with van der Waals surface area (Å²) in [7, 11) is 0. The summed E-state index contributed by atoms with van der Waals surface area (Å²) >= 11 is 0. The molecule has 0 saturated heterocycles. The van der Waals surface area contributed by atoms with E-state index in [4.69, 9.17) is 0 Å². The van der Waals surface area contributed by atoms with Crippen LogP contribution in [0.25, 0.3) is 33.7 Å². The topological polar surface area (TPSA) is 112 Å². The van der Waals surface area contributed by atoms with Crippen LogP contribution < -0.4 is 5.56 Å². The molecule has 1 aliphatic carbocycles. The standard InChI is InChI=1S/C26H25N7O2/c1-16-8-10-18(14-28-16)20-11-9-17(13-29-20)15-32-25-19(5-4-12-27-25)23-24(30-32)26(35)33(31-23)21-6-2-3-7-22(21)34/h4-5,8-14,21-22,34H,2-3,6-7,15H2,1H3/t21-,22-/m0/s1. The summed E-state index contributed by atoms with van der Waals surface area (Å²) in [5.74, 6) is 0. The van der Waals surface area contributed by atoms with Gasteiger partial charge in [-0.1, -0.05) is 18.9 Å². The zero-order valence-corrected chi connectivity index (χ0v) is 19.4. The molecule has 0 aromatic carbocycles. The van der Waals surface area contributed by atoms with Crippen LogP contribution in [0.4, 0.5) is 0 Å². The highest BCUT2D eigenvalue weighted by Crippen LogP contribution is 2.30. The van der Waals surface area contributed by atoms with Crippen LogP contribution in [0.5, 0.6) is 0 Å². The number of aliphatic hydroxyl groups is 1. The highest BCUT2D eigenvalue weighted by Gasteiger charge is 2.31. The van der Waals surface area contributed by atoms with Gasteiger partial charge in [-0.25, -0.2) is 14.3 Å². The Balaban J connectivity index is 1.40. The summed E-state index contributed by atoms with van der Waals surface area (Å²) in [4.78, 5) is 26.8. The van der Waals surface area contributed by atoms with Crippen LogP contribution in [0.3, 0.4) is 0 Å². The van der Waals surface area contributed by atoms with E-state index in [1.165, 1.54) is 4.68 Å². The fourth-order valence-corrected chi connectivity index (χ4v) is 4.83. The Morgan fingerprint density at radius 2 is 1.86 bits per heavy atom. The Bertz CT molecular complexity index is 1520. The third-order valence-corrected chi connectivity index (χ3v) is 6.72. The number of aryl methyl sites for hydroxylation is 1. The zero-order chi connectivity index (χ0) is 23.9. The molecule has 1 saturated carbocycles. The summed E-state index contributed by atoms with van der Waals surface area (Å²) in [6.07, 6.45) is 8.10. The van der Waals surface area contributed by atoms with Crippen molar-refractivity contribution < 1.29 is 5.11 Å². The van der Waals surface area contributed by atoms with Crippen LogP contribution in [-0.2, 0) is 6.54 Å². The van der Waals surface area contributed by atoms with Crippen molar-refractivity contribution in [1.29, 1.82) is 0 Å². The minimum Gasteiger partial charge on any atom is -0.391 e. The van der Waals surface area contributed by atoms with Gasteiger partial charge in [0.05, 0.1) is 24.4 Å². The smallest absolute Gasteiger partial charge is 0.297 e. The maximum atomic E-state index is 13.3. The lowest BCUT2D eigenvalue weighted by atomic mass is 9.93. The average Bonchev–Trinajstić information content (AvgIpc) is 3.21. The lowest BCUT2D eigenvalue weighted by Gasteiger charge is -2.26. The minimum absolute atomic E-state index is 0.272. The lowest BCUT2D eigenvalue weighted by molar-refractivity contribution is 0.0681. The van der Waals surface area contributed by atoms with Gasteiger partial charge in [0.25, 0.3) is 5.56 Å². The first kappa shape index (κ1) is 21.5. The molecule has 1 fully saturated rings. The maximum absolute atomic E-state index is 13.3. The predicted octanol–water partition coefficient (Wildman–Crippen LogP) is 3.38. The van der Waals surface area contributed by atoms with Gasteiger partial charge in [-0.15, -0.1) is 0 Å². The molecule has 0 radical (unpaired) electrons. The van der Waals surface area contributed by atoms with Gasteiger partial charge in [0.1, 0.15) is 5.69 Å². The van der Waals surface area contributed by atoms with Crippen molar-refractivity contribution in [3.8, 4) is 22.6 Å². The highest BCUT2D eigenvalue weighted by atomic mass is 16.3. The lowest BCUT2D eigenvalue weighted by Crippen LogP contribution is -2.33. The van der Waals surface area contributed by atoms with Crippen LogP contribution in [0.2, 0.25) is 0 Å². The number of pyridine rings is 3. The third kappa shape index (κ3) is 3.87. The first-order valence-corrected chi connectivity index (χ1v) is 11.9. The fraction of sp³-hybridized carbons (Fsp3) is 0.308. The number of aromatic nitrogens is 7. The highest BCUT2D eigenvalue weighted by molar-refractivity contribution is 5.89. The second-order valence-corrected chi connectivity index (χ2v) is 9.14. The van der Waals surface area contributed by atoms with Crippen LogP contribution in [0, 0.1) is 6.92 Å². The van der Waals surface area contributed by atoms with Crippen molar-refractivity contribution in [2.24, 2.45) is 0 Å². The Morgan fingerprint density at radius 1 is 0.971 bits per heavy atom. The second-order valence-electron chi connectivity index (χ2n) is 9.14. The third-order valence-electron chi connectivity index (χ3n) is 6.72. The summed E-state index contributed by atoms with van der Waals surface area (Å²) < 4.78 is 3.16. The normalized spacial score (nSPS) is 18.3. The molecule has 9 heteroatoms. The molecule has 0 bridgehead atoms. The molecule has 0 spiro atoms. The summed E-state index contributed by atoms with van der Waals surface area (Å²) in [5, 5.41) is 20.6.